The summed E-state index contributed by atoms with van der Waals surface area (Å²) in [6.45, 7) is 1.94. The molecule has 17 heavy (non-hydrogen) atoms. The van der Waals surface area contributed by atoms with Gasteiger partial charge in [-0.2, -0.15) is 0 Å². The molecule has 0 spiro atoms. The summed E-state index contributed by atoms with van der Waals surface area (Å²) < 4.78 is 24.2. The third kappa shape index (κ3) is 2.94. The molecule has 0 aromatic heterocycles. The van der Waals surface area contributed by atoms with E-state index in [1.54, 1.807) is 0 Å². The number of aryl methyl sites for hydroxylation is 1. The van der Waals surface area contributed by atoms with Crippen LogP contribution in [0.3, 0.4) is 0 Å². The molecular weight excluding hydrogens is 236 g/mol. The number of carbonyl (C=O) groups is 1. The van der Waals surface area contributed by atoms with Crippen molar-refractivity contribution in [3.8, 4) is 0 Å². The topological polar surface area (TPSA) is 51.2 Å². The van der Waals surface area contributed by atoms with Gasteiger partial charge < -0.3 is 0 Å². The zero-order valence-electron chi connectivity index (χ0n) is 9.85. The second-order valence-corrected chi connectivity index (χ2v) is 6.98. The van der Waals surface area contributed by atoms with Gasteiger partial charge in [0.05, 0.1) is 11.0 Å². The van der Waals surface area contributed by atoms with Crippen molar-refractivity contribution in [1.82, 2.24) is 0 Å². The molecule has 1 saturated carbocycles. The first kappa shape index (κ1) is 12.3. The molecule has 1 aliphatic rings. The van der Waals surface area contributed by atoms with Gasteiger partial charge in [-0.15, -0.1) is 0 Å². The van der Waals surface area contributed by atoms with Crippen molar-refractivity contribution in [3.05, 3.63) is 35.4 Å². The highest BCUT2D eigenvalue weighted by atomic mass is 32.2. The van der Waals surface area contributed by atoms with E-state index in [1.807, 2.05) is 31.2 Å². The van der Waals surface area contributed by atoms with E-state index < -0.39 is 15.1 Å². The fraction of sp³-hybridized carbons (Fsp3) is 0.462. The van der Waals surface area contributed by atoms with Crippen LogP contribution in [0.2, 0.25) is 0 Å². The second-order valence-electron chi connectivity index (χ2n) is 4.70. The van der Waals surface area contributed by atoms with Crippen LogP contribution in [-0.2, 0) is 20.4 Å². The van der Waals surface area contributed by atoms with Crippen molar-refractivity contribution < 1.29 is 13.2 Å². The van der Waals surface area contributed by atoms with E-state index in [9.17, 15) is 13.2 Å². The van der Waals surface area contributed by atoms with Crippen molar-refractivity contribution >= 4 is 15.6 Å². The molecule has 3 nitrogen and oxygen atoms in total. The first-order valence-electron chi connectivity index (χ1n) is 5.76. The molecule has 1 fully saturated rings. The third-order valence-electron chi connectivity index (χ3n) is 3.16. The Bertz CT molecular complexity index is 531. The molecule has 0 aliphatic heterocycles. The molecule has 1 aliphatic carbocycles. The van der Waals surface area contributed by atoms with Crippen LogP contribution < -0.4 is 0 Å². The Labute approximate surface area is 102 Å². The molecule has 0 bridgehead atoms. The SMILES string of the molecule is Cc1cccc(CS(=O)(=O)C2CCC(=O)C2)c1. The minimum Gasteiger partial charge on any atom is -0.300 e. The number of hydrogen-bond donors (Lipinski definition) is 0. The highest BCUT2D eigenvalue weighted by molar-refractivity contribution is 7.91. The maximum atomic E-state index is 12.1. The van der Waals surface area contributed by atoms with Gasteiger partial charge in [0.25, 0.3) is 0 Å². The lowest BCUT2D eigenvalue weighted by atomic mass is 10.2. The lowest BCUT2D eigenvalue weighted by Gasteiger charge is -2.10. The van der Waals surface area contributed by atoms with Crippen LogP contribution in [0.4, 0.5) is 0 Å². The molecule has 92 valence electrons. The Kier molecular flexibility index (Phi) is 3.33. The van der Waals surface area contributed by atoms with Crippen LogP contribution in [0.15, 0.2) is 24.3 Å². The lowest BCUT2D eigenvalue weighted by Crippen LogP contribution is -2.20. The Morgan fingerprint density at radius 2 is 2.12 bits per heavy atom. The van der Waals surface area contributed by atoms with Gasteiger partial charge in [-0.25, -0.2) is 8.42 Å². The zero-order chi connectivity index (χ0) is 12.5. The molecule has 0 amide bonds. The standard InChI is InChI=1S/C13H16O3S/c1-10-3-2-4-11(7-10)9-17(15,16)13-6-5-12(14)8-13/h2-4,7,13H,5-6,8-9H2,1H3. The minimum atomic E-state index is -3.18. The van der Waals surface area contributed by atoms with E-state index in [-0.39, 0.29) is 18.0 Å². The summed E-state index contributed by atoms with van der Waals surface area (Å²) in [6.07, 6.45) is 1.11. The Balaban J connectivity index is 2.15. The number of ketones is 1. The third-order valence-corrected chi connectivity index (χ3v) is 5.31. The molecule has 1 aromatic carbocycles. The summed E-state index contributed by atoms with van der Waals surface area (Å²) in [5.74, 6) is 0.120. The van der Waals surface area contributed by atoms with Crippen molar-refractivity contribution in [2.24, 2.45) is 0 Å². The summed E-state index contributed by atoms with van der Waals surface area (Å²) in [5.41, 5.74) is 1.87. The van der Waals surface area contributed by atoms with E-state index in [2.05, 4.69) is 0 Å². The van der Waals surface area contributed by atoms with Gasteiger partial charge >= 0.3 is 0 Å². The Hall–Kier alpha value is -1.16. The predicted molar refractivity (Wildman–Crippen MR) is 66.4 cm³/mol. The summed E-state index contributed by atoms with van der Waals surface area (Å²) in [6, 6.07) is 7.50. The molecule has 1 atom stereocenters. The highest BCUT2D eigenvalue weighted by Gasteiger charge is 2.32. The van der Waals surface area contributed by atoms with Crippen LogP contribution >= 0.6 is 0 Å². The summed E-state index contributed by atoms with van der Waals surface area (Å²) in [7, 11) is -3.18. The van der Waals surface area contributed by atoms with Gasteiger partial charge in [-0.1, -0.05) is 29.8 Å². The average Bonchev–Trinajstić information content (AvgIpc) is 2.65. The number of carbonyl (C=O) groups excluding carboxylic acids is 1. The smallest absolute Gasteiger partial charge is 0.157 e. The predicted octanol–water partition coefficient (Wildman–Crippen LogP) is 2.03. The van der Waals surface area contributed by atoms with E-state index in [4.69, 9.17) is 0 Å². The molecular formula is C13H16O3S. The van der Waals surface area contributed by atoms with Crippen LogP contribution in [0.1, 0.15) is 30.4 Å². The molecule has 1 unspecified atom stereocenters. The second kappa shape index (κ2) is 4.61. The molecule has 0 heterocycles. The van der Waals surface area contributed by atoms with Gasteiger partial charge in [0.15, 0.2) is 9.84 Å². The number of benzene rings is 1. The maximum absolute atomic E-state index is 12.1. The molecule has 4 heteroatoms. The van der Waals surface area contributed by atoms with Crippen LogP contribution in [0.25, 0.3) is 0 Å². The molecule has 0 saturated heterocycles. The van der Waals surface area contributed by atoms with Crippen LogP contribution in [0.5, 0.6) is 0 Å². The molecule has 1 aromatic rings. The van der Waals surface area contributed by atoms with Crippen LogP contribution in [-0.4, -0.2) is 19.5 Å². The maximum Gasteiger partial charge on any atom is 0.157 e. The average molecular weight is 252 g/mol. The number of rotatable bonds is 3. The first-order chi connectivity index (χ1) is 7.97. The van der Waals surface area contributed by atoms with Crippen molar-refractivity contribution in [3.63, 3.8) is 0 Å². The first-order valence-corrected chi connectivity index (χ1v) is 7.48. The fourth-order valence-corrected chi connectivity index (χ4v) is 4.04. The molecule has 0 radical (unpaired) electrons. The summed E-state index contributed by atoms with van der Waals surface area (Å²) >= 11 is 0. The fourth-order valence-electron chi connectivity index (χ4n) is 2.24. The number of Topliss-reactive ketones (excluding diaryl/α,β-unsaturated/α-hetero) is 1. The highest BCUT2D eigenvalue weighted by Crippen LogP contribution is 2.25. The van der Waals surface area contributed by atoms with E-state index in [0.29, 0.717) is 12.8 Å². The van der Waals surface area contributed by atoms with E-state index in [1.165, 1.54) is 0 Å². The Morgan fingerprint density at radius 1 is 1.35 bits per heavy atom. The van der Waals surface area contributed by atoms with E-state index in [0.717, 1.165) is 11.1 Å². The van der Waals surface area contributed by atoms with Crippen molar-refractivity contribution in [2.45, 2.75) is 37.2 Å². The largest absolute Gasteiger partial charge is 0.300 e. The normalized spacial score (nSPS) is 20.8. The van der Waals surface area contributed by atoms with Gasteiger partial charge in [-0.05, 0) is 18.9 Å². The van der Waals surface area contributed by atoms with Gasteiger partial charge in [0, 0.05) is 12.8 Å². The quantitative estimate of drug-likeness (QED) is 0.827. The number of sulfone groups is 1. The van der Waals surface area contributed by atoms with Gasteiger partial charge in [0.2, 0.25) is 0 Å². The lowest BCUT2D eigenvalue weighted by molar-refractivity contribution is -0.117. The molecule has 0 N–H and O–H groups in total. The number of hydrogen-bond acceptors (Lipinski definition) is 3. The Morgan fingerprint density at radius 3 is 2.71 bits per heavy atom. The summed E-state index contributed by atoms with van der Waals surface area (Å²) in [4.78, 5) is 11.1. The van der Waals surface area contributed by atoms with E-state index >= 15 is 0 Å². The zero-order valence-corrected chi connectivity index (χ0v) is 10.7. The van der Waals surface area contributed by atoms with Crippen molar-refractivity contribution in [2.75, 3.05) is 0 Å². The van der Waals surface area contributed by atoms with Gasteiger partial charge in [0.1, 0.15) is 5.78 Å². The summed E-state index contributed by atoms with van der Waals surface area (Å²) in [5, 5.41) is -0.462. The monoisotopic (exact) mass is 252 g/mol. The minimum absolute atomic E-state index is 0.0482. The molecule has 2 rings (SSSR count). The van der Waals surface area contributed by atoms with Crippen molar-refractivity contribution in [1.29, 1.82) is 0 Å². The van der Waals surface area contributed by atoms with Crippen LogP contribution in [0, 0.1) is 6.92 Å². The van der Waals surface area contributed by atoms with Gasteiger partial charge in [-0.3, -0.25) is 4.79 Å².